The molecule has 0 bridgehead atoms. The van der Waals surface area contributed by atoms with E-state index in [1.807, 2.05) is 0 Å². The van der Waals surface area contributed by atoms with Gasteiger partial charge in [0.05, 0.1) is 12.8 Å². The molecule has 0 aliphatic carbocycles. The van der Waals surface area contributed by atoms with E-state index in [1.54, 1.807) is 36.4 Å². The number of hydrazone groups is 1. The molecule has 0 heterocycles. The summed E-state index contributed by atoms with van der Waals surface area (Å²) in [6.07, 6.45) is 1.49. The molecule has 0 fully saturated rings. The molecule has 0 aliphatic heterocycles. The van der Waals surface area contributed by atoms with Gasteiger partial charge in [-0.2, -0.15) is 5.10 Å². The van der Waals surface area contributed by atoms with E-state index in [-0.39, 0.29) is 24.2 Å². The topological polar surface area (TPSA) is 82.6 Å². The Hall–Kier alpha value is -3.22. The van der Waals surface area contributed by atoms with Crippen molar-refractivity contribution in [2.75, 3.05) is 17.2 Å². The molecule has 6 nitrogen and oxygen atoms in total. The van der Waals surface area contributed by atoms with E-state index in [1.165, 1.54) is 25.3 Å². The lowest BCUT2D eigenvalue weighted by molar-refractivity contribution is -0.119. The predicted octanol–water partition coefficient (Wildman–Crippen LogP) is 2.35. The minimum absolute atomic E-state index is 0.0183. The lowest BCUT2D eigenvalue weighted by Crippen LogP contribution is -2.25. The first-order valence-electron chi connectivity index (χ1n) is 7.22. The van der Waals surface area contributed by atoms with Crippen molar-refractivity contribution in [1.29, 1.82) is 0 Å². The molecule has 24 heavy (non-hydrogen) atoms. The molecule has 0 unspecified atom stereocenters. The minimum atomic E-state index is -0.334. The van der Waals surface area contributed by atoms with Crippen LogP contribution in [-0.4, -0.2) is 24.6 Å². The molecular weight excluding hydrogens is 311 g/mol. The molecule has 0 aromatic heterocycles. The van der Waals surface area contributed by atoms with Crippen molar-refractivity contribution in [2.24, 2.45) is 5.10 Å². The number of carbonyl (C=O) groups excluding carboxylic acids is 2. The molecule has 3 N–H and O–H groups in total. The normalized spacial score (nSPS) is 10.4. The van der Waals surface area contributed by atoms with E-state index in [0.717, 1.165) is 5.56 Å². The Bertz CT molecular complexity index is 727. The van der Waals surface area contributed by atoms with Crippen LogP contribution in [0.1, 0.15) is 12.5 Å². The first kappa shape index (κ1) is 17.1. The molecule has 0 spiro atoms. The zero-order chi connectivity index (χ0) is 17.4. The van der Waals surface area contributed by atoms with E-state index in [0.29, 0.717) is 11.4 Å². The average molecular weight is 328 g/mol. The Kier molecular flexibility index (Phi) is 6.01. The van der Waals surface area contributed by atoms with Gasteiger partial charge in [0, 0.05) is 18.3 Å². The third kappa shape index (κ3) is 5.88. The fraction of sp³-hybridized carbons (Fsp3) is 0.118. The summed E-state index contributed by atoms with van der Waals surface area (Å²) < 4.78 is 12.8. The highest BCUT2D eigenvalue weighted by molar-refractivity contribution is 5.89. The van der Waals surface area contributed by atoms with Crippen molar-refractivity contribution in [3.63, 3.8) is 0 Å². The quantitative estimate of drug-likeness (QED) is 0.562. The van der Waals surface area contributed by atoms with Crippen LogP contribution in [0.2, 0.25) is 0 Å². The highest BCUT2D eigenvalue weighted by atomic mass is 19.1. The maximum absolute atomic E-state index is 12.8. The molecule has 0 saturated carbocycles. The maximum atomic E-state index is 12.8. The minimum Gasteiger partial charge on any atom is -0.376 e. The Balaban J connectivity index is 1.77. The van der Waals surface area contributed by atoms with Crippen molar-refractivity contribution in [1.82, 2.24) is 5.43 Å². The van der Waals surface area contributed by atoms with Crippen LogP contribution in [0.25, 0.3) is 0 Å². The number of hydrogen-bond acceptors (Lipinski definition) is 4. The van der Waals surface area contributed by atoms with Crippen molar-refractivity contribution in [3.05, 3.63) is 59.9 Å². The van der Waals surface area contributed by atoms with Crippen molar-refractivity contribution >= 4 is 29.4 Å². The molecule has 2 aromatic carbocycles. The number of amides is 2. The van der Waals surface area contributed by atoms with Gasteiger partial charge in [0.2, 0.25) is 5.91 Å². The number of nitrogens with one attached hydrogen (secondary N) is 3. The number of benzene rings is 2. The van der Waals surface area contributed by atoms with Gasteiger partial charge < -0.3 is 10.6 Å². The van der Waals surface area contributed by atoms with Gasteiger partial charge in [-0.15, -0.1) is 0 Å². The number of carbonyl (C=O) groups is 2. The van der Waals surface area contributed by atoms with Crippen LogP contribution < -0.4 is 16.1 Å². The van der Waals surface area contributed by atoms with Crippen LogP contribution in [0.4, 0.5) is 15.8 Å². The summed E-state index contributed by atoms with van der Waals surface area (Å²) in [7, 11) is 0. The summed E-state index contributed by atoms with van der Waals surface area (Å²) in [6, 6.07) is 12.7. The van der Waals surface area contributed by atoms with Gasteiger partial charge in [-0.05, 0) is 42.0 Å². The number of rotatable bonds is 6. The number of anilines is 2. The Morgan fingerprint density at radius 1 is 1.04 bits per heavy atom. The standard InChI is InChI=1S/C17H17FN4O2/c1-12(23)21-16-6-2-13(3-7-16)10-20-22-17(24)11-19-15-8-4-14(18)5-9-15/h2-10,19H,11H2,1H3,(H,21,23)(H,22,24)/b20-10+. The SMILES string of the molecule is CC(=O)Nc1ccc(/C=N/NC(=O)CNc2ccc(F)cc2)cc1. The second-order valence-electron chi connectivity index (χ2n) is 4.96. The zero-order valence-corrected chi connectivity index (χ0v) is 13.0. The molecule has 0 radical (unpaired) electrons. The van der Waals surface area contributed by atoms with Gasteiger partial charge in [-0.3, -0.25) is 9.59 Å². The summed E-state index contributed by atoms with van der Waals surface area (Å²) in [5, 5.41) is 9.36. The Labute approximate surface area is 138 Å². The van der Waals surface area contributed by atoms with Gasteiger partial charge in [-0.25, -0.2) is 9.82 Å². The lowest BCUT2D eigenvalue weighted by Gasteiger charge is -2.05. The lowest BCUT2D eigenvalue weighted by atomic mass is 10.2. The fourth-order valence-electron chi connectivity index (χ4n) is 1.82. The van der Waals surface area contributed by atoms with Crippen molar-refractivity contribution in [2.45, 2.75) is 6.92 Å². The van der Waals surface area contributed by atoms with Crippen LogP contribution in [-0.2, 0) is 9.59 Å². The molecular formula is C17H17FN4O2. The smallest absolute Gasteiger partial charge is 0.259 e. The Morgan fingerprint density at radius 3 is 2.29 bits per heavy atom. The highest BCUT2D eigenvalue weighted by Crippen LogP contribution is 2.08. The third-order valence-electron chi connectivity index (χ3n) is 2.93. The van der Waals surface area contributed by atoms with Crippen LogP contribution in [0.15, 0.2) is 53.6 Å². The molecule has 0 saturated heterocycles. The molecule has 2 rings (SSSR count). The summed E-state index contributed by atoms with van der Waals surface area (Å²) in [5.74, 6) is -0.804. The number of nitrogens with zero attached hydrogens (tertiary/aromatic N) is 1. The van der Waals surface area contributed by atoms with Crippen molar-refractivity contribution < 1.29 is 14.0 Å². The van der Waals surface area contributed by atoms with Crippen LogP contribution >= 0.6 is 0 Å². The summed E-state index contributed by atoms with van der Waals surface area (Å²) in [4.78, 5) is 22.6. The highest BCUT2D eigenvalue weighted by Gasteiger charge is 2.00. The third-order valence-corrected chi connectivity index (χ3v) is 2.93. The fourth-order valence-corrected chi connectivity index (χ4v) is 1.82. The average Bonchev–Trinajstić information content (AvgIpc) is 2.55. The molecule has 0 atom stereocenters. The van der Waals surface area contributed by atoms with Gasteiger partial charge >= 0.3 is 0 Å². The number of halogens is 1. The second-order valence-corrected chi connectivity index (χ2v) is 4.96. The van der Waals surface area contributed by atoms with Gasteiger partial charge in [0.15, 0.2) is 0 Å². The van der Waals surface area contributed by atoms with Crippen LogP contribution in [0.3, 0.4) is 0 Å². The van der Waals surface area contributed by atoms with Crippen LogP contribution in [0, 0.1) is 5.82 Å². The van der Waals surface area contributed by atoms with Crippen LogP contribution in [0.5, 0.6) is 0 Å². The zero-order valence-electron chi connectivity index (χ0n) is 13.0. The summed E-state index contributed by atoms with van der Waals surface area (Å²) in [6.45, 7) is 1.45. The van der Waals surface area contributed by atoms with Gasteiger partial charge in [0.25, 0.3) is 5.91 Å². The van der Waals surface area contributed by atoms with E-state index in [9.17, 15) is 14.0 Å². The molecule has 2 amide bonds. The van der Waals surface area contributed by atoms with Gasteiger partial charge in [0.1, 0.15) is 5.82 Å². The van der Waals surface area contributed by atoms with E-state index in [4.69, 9.17) is 0 Å². The summed E-state index contributed by atoms with van der Waals surface area (Å²) in [5.41, 5.74) is 4.49. The van der Waals surface area contributed by atoms with Gasteiger partial charge in [-0.1, -0.05) is 12.1 Å². The molecule has 2 aromatic rings. The molecule has 7 heteroatoms. The Morgan fingerprint density at radius 2 is 1.67 bits per heavy atom. The largest absolute Gasteiger partial charge is 0.376 e. The maximum Gasteiger partial charge on any atom is 0.259 e. The predicted molar refractivity (Wildman–Crippen MR) is 91.4 cm³/mol. The van der Waals surface area contributed by atoms with E-state index in [2.05, 4.69) is 21.2 Å². The first-order chi connectivity index (χ1) is 11.5. The second kappa shape index (κ2) is 8.42. The van der Waals surface area contributed by atoms with Crippen molar-refractivity contribution in [3.8, 4) is 0 Å². The number of hydrogen-bond donors (Lipinski definition) is 3. The van der Waals surface area contributed by atoms with E-state index < -0.39 is 0 Å². The molecule has 0 aliphatic rings. The molecule has 124 valence electrons. The monoisotopic (exact) mass is 328 g/mol. The first-order valence-corrected chi connectivity index (χ1v) is 7.22. The van der Waals surface area contributed by atoms with E-state index >= 15 is 0 Å². The summed E-state index contributed by atoms with van der Waals surface area (Å²) >= 11 is 0.